The predicted molar refractivity (Wildman–Crippen MR) is 85.5 cm³/mol. The highest BCUT2D eigenvalue weighted by Crippen LogP contribution is 2.16. The van der Waals surface area contributed by atoms with E-state index < -0.39 is 0 Å². The molecule has 0 bridgehead atoms. The summed E-state index contributed by atoms with van der Waals surface area (Å²) in [6.45, 7) is 9.99. The van der Waals surface area contributed by atoms with Crippen LogP contribution in [0.15, 0.2) is 12.3 Å². The molecule has 0 radical (unpaired) electrons. The first-order chi connectivity index (χ1) is 9.97. The van der Waals surface area contributed by atoms with Crippen LogP contribution in [0.4, 0.5) is 5.69 Å². The molecule has 21 heavy (non-hydrogen) atoms. The Labute approximate surface area is 126 Å². The molecule has 1 amide bonds. The number of carbonyl (C=O) groups is 1. The third-order valence-electron chi connectivity index (χ3n) is 3.97. The van der Waals surface area contributed by atoms with Crippen molar-refractivity contribution in [2.24, 2.45) is 0 Å². The Balaban J connectivity index is 1.82. The fraction of sp³-hybridized carbons (Fsp3) is 0.667. The SMILES string of the molecule is CC(C)n1cc(N)cc1C(=O)NCCN1CCN(C)CC1. The summed E-state index contributed by atoms with van der Waals surface area (Å²) >= 11 is 0. The summed E-state index contributed by atoms with van der Waals surface area (Å²) in [6.07, 6.45) is 1.82. The number of nitrogens with two attached hydrogens (primary N) is 1. The lowest BCUT2D eigenvalue weighted by atomic mass is 10.3. The van der Waals surface area contributed by atoms with E-state index in [0.717, 1.165) is 32.7 Å². The smallest absolute Gasteiger partial charge is 0.268 e. The van der Waals surface area contributed by atoms with E-state index in [1.807, 2.05) is 24.6 Å². The van der Waals surface area contributed by atoms with Gasteiger partial charge in [0, 0.05) is 51.5 Å². The molecule has 3 N–H and O–H groups in total. The Morgan fingerprint density at radius 1 is 1.33 bits per heavy atom. The van der Waals surface area contributed by atoms with Gasteiger partial charge >= 0.3 is 0 Å². The van der Waals surface area contributed by atoms with Gasteiger partial charge in [-0.1, -0.05) is 0 Å². The van der Waals surface area contributed by atoms with Gasteiger partial charge in [-0.3, -0.25) is 9.69 Å². The summed E-state index contributed by atoms with van der Waals surface area (Å²) < 4.78 is 1.92. The Morgan fingerprint density at radius 2 is 2.00 bits per heavy atom. The van der Waals surface area contributed by atoms with Gasteiger partial charge in [-0.25, -0.2) is 0 Å². The van der Waals surface area contributed by atoms with Crippen LogP contribution in [-0.2, 0) is 0 Å². The minimum absolute atomic E-state index is 0.0467. The molecule has 0 aromatic carbocycles. The molecule has 1 fully saturated rings. The van der Waals surface area contributed by atoms with Gasteiger partial charge in [-0.2, -0.15) is 0 Å². The fourth-order valence-electron chi connectivity index (χ4n) is 2.60. The average molecular weight is 293 g/mol. The van der Waals surface area contributed by atoms with E-state index in [-0.39, 0.29) is 11.9 Å². The van der Waals surface area contributed by atoms with Crippen LogP contribution in [0.5, 0.6) is 0 Å². The van der Waals surface area contributed by atoms with Crippen molar-refractivity contribution in [2.45, 2.75) is 19.9 Å². The van der Waals surface area contributed by atoms with Gasteiger partial charge in [0.15, 0.2) is 0 Å². The molecule has 2 rings (SSSR count). The third kappa shape index (κ3) is 4.22. The Bertz CT molecular complexity index is 474. The van der Waals surface area contributed by atoms with E-state index in [4.69, 9.17) is 5.73 Å². The molecule has 6 nitrogen and oxygen atoms in total. The van der Waals surface area contributed by atoms with Gasteiger partial charge in [0.2, 0.25) is 0 Å². The lowest BCUT2D eigenvalue weighted by molar-refractivity contribution is 0.0930. The largest absolute Gasteiger partial charge is 0.397 e. The van der Waals surface area contributed by atoms with Crippen LogP contribution in [0.1, 0.15) is 30.4 Å². The summed E-state index contributed by atoms with van der Waals surface area (Å²) in [5, 5.41) is 3.00. The highest BCUT2D eigenvalue weighted by Gasteiger charge is 2.16. The predicted octanol–water partition coefficient (Wildman–Crippen LogP) is 0.628. The quantitative estimate of drug-likeness (QED) is 0.835. The second-order valence-electron chi connectivity index (χ2n) is 6.06. The zero-order valence-corrected chi connectivity index (χ0v) is 13.3. The molecule has 2 heterocycles. The fourth-order valence-corrected chi connectivity index (χ4v) is 2.60. The zero-order chi connectivity index (χ0) is 15.4. The second kappa shape index (κ2) is 6.95. The molecule has 0 aliphatic carbocycles. The normalized spacial score (nSPS) is 17.3. The summed E-state index contributed by atoms with van der Waals surface area (Å²) in [7, 11) is 2.14. The maximum absolute atomic E-state index is 12.3. The monoisotopic (exact) mass is 293 g/mol. The van der Waals surface area contributed by atoms with Gasteiger partial charge in [-0.15, -0.1) is 0 Å². The van der Waals surface area contributed by atoms with E-state index in [1.54, 1.807) is 6.07 Å². The summed E-state index contributed by atoms with van der Waals surface area (Å²) in [4.78, 5) is 17.0. The number of hydrogen-bond donors (Lipinski definition) is 2. The number of aromatic nitrogens is 1. The van der Waals surface area contributed by atoms with E-state index in [0.29, 0.717) is 17.9 Å². The molecule has 118 valence electrons. The first-order valence-electron chi connectivity index (χ1n) is 7.64. The minimum Gasteiger partial charge on any atom is -0.397 e. The van der Waals surface area contributed by atoms with Crippen LogP contribution in [0.25, 0.3) is 0 Å². The highest BCUT2D eigenvalue weighted by molar-refractivity contribution is 5.93. The number of piperazine rings is 1. The van der Waals surface area contributed by atoms with Crippen molar-refractivity contribution < 1.29 is 4.79 Å². The molecule has 1 aromatic heterocycles. The molecule has 0 saturated carbocycles. The number of nitrogens with zero attached hydrogens (tertiary/aromatic N) is 3. The Kier molecular flexibility index (Phi) is 5.25. The number of carbonyl (C=O) groups excluding carboxylic acids is 1. The van der Waals surface area contributed by atoms with Crippen molar-refractivity contribution >= 4 is 11.6 Å². The number of hydrogen-bond acceptors (Lipinski definition) is 4. The number of anilines is 1. The first-order valence-corrected chi connectivity index (χ1v) is 7.64. The van der Waals surface area contributed by atoms with Gasteiger partial charge < -0.3 is 20.5 Å². The lowest BCUT2D eigenvalue weighted by Crippen LogP contribution is -2.47. The van der Waals surface area contributed by atoms with Crippen molar-refractivity contribution in [1.82, 2.24) is 19.7 Å². The Morgan fingerprint density at radius 3 is 2.62 bits per heavy atom. The molecule has 0 unspecified atom stereocenters. The first kappa shape index (κ1) is 15.9. The average Bonchev–Trinajstić information content (AvgIpc) is 2.83. The number of rotatable bonds is 5. The number of nitrogens with one attached hydrogen (secondary N) is 1. The van der Waals surface area contributed by atoms with Crippen molar-refractivity contribution in [3.8, 4) is 0 Å². The van der Waals surface area contributed by atoms with E-state index in [9.17, 15) is 4.79 Å². The number of nitrogen functional groups attached to an aromatic ring is 1. The molecular formula is C15H27N5O. The molecule has 0 atom stereocenters. The molecule has 1 aliphatic rings. The maximum Gasteiger partial charge on any atom is 0.268 e. The van der Waals surface area contributed by atoms with Crippen molar-refractivity contribution in [3.05, 3.63) is 18.0 Å². The summed E-state index contributed by atoms with van der Waals surface area (Å²) in [6, 6.07) is 1.96. The van der Waals surface area contributed by atoms with E-state index in [1.165, 1.54) is 0 Å². The van der Waals surface area contributed by atoms with Crippen molar-refractivity contribution in [3.63, 3.8) is 0 Å². The minimum atomic E-state index is -0.0467. The van der Waals surface area contributed by atoms with Crippen LogP contribution < -0.4 is 11.1 Å². The molecule has 6 heteroatoms. The van der Waals surface area contributed by atoms with Crippen LogP contribution >= 0.6 is 0 Å². The summed E-state index contributed by atoms with van der Waals surface area (Å²) in [5.74, 6) is -0.0467. The third-order valence-corrected chi connectivity index (χ3v) is 3.97. The van der Waals surface area contributed by atoms with E-state index in [2.05, 4.69) is 22.2 Å². The molecule has 0 spiro atoms. The standard InChI is InChI=1S/C15H27N5O/c1-12(2)20-11-13(16)10-14(20)15(21)17-4-5-19-8-6-18(3)7-9-19/h10-12H,4-9,16H2,1-3H3,(H,17,21). The number of likely N-dealkylation sites (N-methyl/N-ethyl adjacent to an activating group) is 1. The summed E-state index contributed by atoms with van der Waals surface area (Å²) in [5.41, 5.74) is 7.07. The van der Waals surface area contributed by atoms with Crippen LogP contribution in [0.2, 0.25) is 0 Å². The van der Waals surface area contributed by atoms with Gasteiger partial charge in [0.1, 0.15) is 5.69 Å². The molecule has 1 saturated heterocycles. The maximum atomic E-state index is 12.3. The lowest BCUT2D eigenvalue weighted by Gasteiger charge is -2.32. The van der Waals surface area contributed by atoms with Crippen molar-refractivity contribution in [1.29, 1.82) is 0 Å². The molecular weight excluding hydrogens is 266 g/mol. The van der Waals surface area contributed by atoms with Crippen LogP contribution in [0.3, 0.4) is 0 Å². The number of amides is 1. The van der Waals surface area contributed by atoms with Crippen LogP contribution in [-0.4, -0.2) is 66.6 Å². The second-order valence-corrected chi connectivity index (χ2v) is 6.06. The van der Waals surface area contributed by atoms with Crippen molar-refractivity contribution in [2.75, 3.05) is 52.0 Å². The van der Waals surface area contributed by atoms with Gasteiger partial charge in [0.05, 0.1) is 5.69 Å². The van der Waals surface area contributed by atoms with Gasteiger partial charge in [0.25, 0.3) is 5.91 Å². The highest BCUT2D eigenvalue weighted by atomic mass is 16.1. The molecule has 1 aromatic rings. The molecule has 1 aliphatic heterocycles. The van der Waals surface area contributed by atoms with Gasteiger partial charge in [-0.05, 0) is 27.0 Å². The topological polar surface area (TPSA) is 66.5 Å². The Hall–Kier alpha value is -1.53. The zero-order valence-electron chi connectivity index (χ0n) is 13.3. The van der Waals surface area contributed by atoms with Crippen LogP contribution in [0, 0.1) is 0 Å². The van der Waals surface area contributed by atoms with E-state index >= 15 is 0 Å².